The van der Waals surface area contributed by atoms with Gasteiger partial charge in [-0.2, -0.15) is 0 Å². The summed E-state index contributed by atoms with van der Waals surface area (Å²) in [6.45, 7) is 0.501. The standard InChI is InChI=1S/C19H17NO2/c21-17-15-8-4-5-9-16(15)18(22)20(17)13-12-19(10-11-19)14-6-2-1-3-7-14/h1-9H,10-13H2. The lowest BCUT2D eigenvalue weighted by Gasteiger charge is -2.20. The fourth-order valence-electron chi connectivity index (χ4n) is 3.39. The third kappa shape index (κ3) is 1.97. The van der Waals surface area contributed by atoms with Gasteiger partial charge in [0.1, 0.15) is 0 Å². The highest BCUT2D eigenvalue weighted by atomic mass is 16.2. The molecule has 4 rings (SSSR count). The van der Waals surface area contributed by atoms with Gasteiger partial charge in [-0.05, 0) is 42.4 Å². The molecule has 1 aliphatic heterocycles. The van der Waals surface area contributed by atoms with Gasteiger partial charge < -0.3 is 0 Å². The predicted molar refractivity (Wildman–Crippen MR) is 83.8 cm³/mol. The Hall–Kier alpha value is -2.42. The van der Waals surface area contributed by atoms with E-state index in [0.717, 1.165) is 19.3 Å². The van der Waals surface area contributed by atoms with Crippen LogP contribution < -0.4 is 0 Å². The van der Waals surface area contributed by atoms with Crippen LogP contribution in [0.15, 0.2) is 54.6 Å². The Balaban J connectivity index is 1.52. The highest BCUT2D eigenvalue weighted by molar-refractivity contribution is 6.21. The first-order chi connectivity index (χ1) is 10.7. The minimum absolute atomic E-state index is 0.149. The lowest BCUT2D eigenvalue weighted by atomic mass is 9.92. The van der Waals surface area contributed by atoms with Crippen LogP contribution in [0.3, 0.4) is 0 Å². The van der Waals surface area contributed by atoms with Crippen molar-refractivity contribution in [1.29, 1.82) is 0 Å². The van der Waals surface area contributed by atoms with E-state index in [9.17, 15) is 9.59 Å². The molecule has 0 bridgehead atoms. The zero-order valence-corrected chi connectivity index (χ0v) is 12.3. The van der Waals surface area contributed by atoms with Crippen molar-refractivity contribution in [1.82, 2.24) is 4.90 Å². The van der Waals surface area contributed by atoms with Gasteiger partial charge in [-0.1, -0.05) is 42.5 Å². The third-order valence-electron chi connectivity index (χ3n) is 4.93. The summed E-state index contributed by atoms with van der Waals surface area (Å²) >= 11 is 0. The van der Waals surface area contributed by atoms with E-state index >= 15 is 0 Å². The zero-order valence-electron chi connectivity index (χ0n) is 12.3. The number of amides is 2. The number of rotatable bonds is 4. The van der Waals surface area contributed by atoms with Crippen molar-refractivity contribution < 1.29 is 9.59 Å². The number of hydrogen-bond acceptors (Lipinski definition) is 2. The summed E-state index contributed by atoms with van der Waals surface area (Å²) in [4.78, 5) is 26.2. The van der Waals surface area contributed by atoms with Gasteiger partial charge in [0.05, 0.1) is 11.1 Å². The molecule has 0 spiro atoms. The quantitative estimate of drug-likeness (QED) is 0.810. The first-order valence-electron chi connectivity index (χ1n) is 7.72. The van der Waals surface area contributed by atoms with E-state index < -0.39 is 0 Å². The fourth-order valence-corrected chi connectivity index (χ4v) is 3.39. The minimum Gasteiger partial charge on any atom is -0.274 e. The van der Waals surface area contributed by atoms with Gasteiger partial charge in [0.15, 0.2) is 0 Å². The van der Waals surface area contributed by atoms with Crippen molar-refractivity contribution in [3.63, 3.8) is 0 Å². The molecule has 1 aliphatic carbocycles. The van der Waals surface area contributed by atoms with Gasteiger partial charge in [-0.25, -0.2) is 0 Å². The summed E-state index contributed by atoms with van der Waals surface area (Å²) in [6.07, 6.45) is 3.13. The Morgan fingerprint density at radius 2 is 1.36 bits per heavy atom. The van der Waals surface area contributed by atoms with Crippen LogP contribution in [0.4, 0.5) is 0 Å². The summed E-state index contributed by atoms with van der Waals surface area (Å²) < 4.78 is 0. The lowest BCUT2D eigenvalue weighted by Crippen LogP contribution is -2.32. The molecular formula is C19H17NO2. The highest BCUT2D eigenvalue weighted by Crippen LogP contribution is 2.51. The lowest BCUT2D eigenvalue weighted by molar-refractivity contribution is 0.0648. The normalized spacial score (nSPS) is 18.5. The molecule has 0 radical (unpaired) electrons. The van der Waals surface area contributed by atoms with E-state index in [-0.39, 0.29) is 17.2 Å². The van der Waals surface area contributed by atoms with Gasteiger partial charge in [0.25, 0.3) is 11.8 Å². The molecule has 3 nitrogen and oxygen atoms in total. The van der Waals surface area contributed by atoms with E-state index in [1.807, 2.05) is 6.07 Å². The smallest absolute Gasteiger partial charge is 0.261 e. The Morgan fingerprint density at radius 3 is 1.91 bits per heavy atom. The number of nitrogens with zero attached hydrogens (tertiary/aromatic N) is 1. The summed E-state index contributed by atoms with van der Waals surface area (Å²) in [5.41, 5.74) is 2.57. The molecule has 3 heteroatoms. The SMILES string of the molecule is O=C1c2ccccc2C(=O)N1CCC1(c2ccccc2)CC1. The summed E-state index contributed by atoms with van der Waals surface area (Å²) in [5.74, 6) is -0.297. The largest absolute Gasteiger partial charge is 0.274 e. The number of benzene rings is 2. The third-order valence-corrected chi connectivity index (χ3v) is 4.93. The summed E-state index contributed by atoms with van der Waals surface area (Å²) in [7, 11) is 0. The molecule has 2 aromatic carbocycles. The molecule has 2 aromatic rings. The first kappa shape index (κ1) is 13.3. The molecule has 0 aromatic heterocycles. The molecular weight excluding hydrogens is 274 g/mol. The van der Waals surface area contributed by atoms with Crippen LogP contribution >= 0.6 is 0 Å². The van der Waals surface area contributed by atoms with Crippen molar-refractivity contribution in [2.75, 3.05) is 6.54 Å². The second kappa shape index (κ2) is 4.80. The minimum atomic E-state index is -0.149. The fraction of sp³-hybridized carbons (Fsp3) is 0.263. The number of hydrogen-bond donors (Lipinski definition) is 0. The van der Waals surface area contributed by atoms with Gasteiger partial charge in [0, 0.05) is 6.54 Å². The monoisotopic (exact) mass is 291 g/mol. The average molecular weight is 291 g/mol. The van der Waals surface area contributed by atoms with Crippen LogP contribution in [0.2, 0.25) is 0 Å². The Labute approximate surface area is 129 Å². The van der Waals surface area contributed by atoms with E-state index in [1.54, 1.807) is 24.3 Å². The van der Waals surface area contributed by atoms with Crippen LogP contribution in [0, 0.1) is 0 Å². The average Bonchev–Trinajstić information content (AvgIpc) is 3.32. The van der Waals surface area contributed by atoms with Crippen LogP contribution in [-0.2, 0) is 5.41 Å². The van der Waals surface area contributed by atoms with Crippen molar-refractivity contribution >= 4 is 11.8 Å². The topological polar surface area (TPSA) is 37.4 Å². The van der Waals surface area contributed by atoms with Gasteiger partial charge in [-0.3, -0.25) is 14.5 Å². The van der Waals surface area contributed by atoms with E-state index in [1.165, 1.54) is 10.5 Å². The molecule has 0 saturated heterocycles. The van der Waals surface area contributed by atoms with Crippen molar-refractivity contribution in [2.24, 2.45) is 0 Å². The number of carbonyl (C=O) groups excluding carboxylic acids is 2. The van der Waals surface area contributed by atoms with Crippen molar-refractivity contribution in [2.45, 2.75) is 24.7 Å². The van der Waals surface area contributed by atoms with Crippen LogP contribution in [0.25, 0.3) is 0 Å². The molecule has 110 valence electrons. The maximum absolute atomic E-state index is 12.4. The number of carbonyl (C=O) groups is 2. The molecule has 0 atom stereocenters. The Morgan fingerprint density at radius 1 is 0.818 bits per heavy atom. The molecule has 1 saturated carbocycles. The maximum Gasteiger partial charge on any atom is 0.261 e. The highest BCUT2D eigenvalue weighted by Gasteiger charge is 2.45. The molecule has 1 fully saturated rings. The molecule has 0 N–H and O–H groups in total. The Kier molecular flexibility index (Phi) is 2.89. The number of fused-ring (bicyclic) bond motifs is 1. The molecule has 0 unspecified atom stereocenters. The molecule has 2 aliphatic rings. The second-order valence-corrected chi connectivity index (χ2v) is 6.20. The van der Waals surface area contributed by atoms with E-state index in [2.05, 4.69) is 24.3 Å². The van der Waals surface area contributed by atoms with Gasteiger partial charge in [0.2, 0.25) is 0 Å². The van der Waals surface area contributed by atoms with E-state index in [0.29, 0.717) is 17.7 Å². The maximum atomic E-state index is 12.4. The van der Waals surface area contributed by atoms with E-state index in [4.69, 9.17) is 0 Å². The summed E-state index contributed by atoms with van der Waals surface area (Å²) in [6, 6.07) is 17.5. The predicted octanol–water partition coefficient (Wildman–Crippen LogP) is 3.40. The van der Waals surface area contributed by atoms with Gasteiger partial charge >= 0.3 is 0 Å². The summed E-state index contributed by atoms with van der Waals surface area (Å²) in [5, 5.41) is 0. The van der Waals surface area contributed by atoms with Gasteiger partial charge in [-0.15, -0.1) is 0 Å². The second-order valence-electron chi connectivity index (χ2n) is 6.20. The van der Waals surface area contributed by atoms with Crippen LogP contribution in [0.5, 0.6) is 0 Å². The van der Waals surface area contributed by atoms with Crippen molar-refractivity contribution in [3.8, 4) is 0 Å². The Bertz CT molecular complexity index is 712. The molecule has 1 heterocycles. The van der Waals surface area contributed by atoms with Crippen molar-refractivity contribution in [3.05, 3.63) is 71.3 Å². The first-order valence-corrected chi connectivity index (χ1v) is 7.72. The van der Waals surface area contributed by atoms with Crippen LogP contribution in [-0.4, -0.2) is 23.3 Å². The zero-order chi connectivity index (χ0) is 15.2. The van der Waals surface area contributed by atoms with Crippen LogP contribution in [0.1, 0.15) is 45.5 Å². The number of imide groups is 1. The molecule has 2 amide bonds. The molecule has 22 heavy (non-hydrogen) atoms.